The van der Waals surface area contributed by atoms with Gasteiger partial charge in [-0.2, -0.15) is 0 Å². The Labute approximate surface area is 255 Å². The van der Waals surface area contributed by atoms with E-state index in [2.05, 4.69) is 16.0 Å². The van der Waals surface area contributed by atoms with E-state index in [9.17, 15) is 45.7 Å². The third kappa shape index (κ3) is 8.83. The van der Waals surface area contributed by atoms with Crippen LogP contribution in [0.2, 0.25) is 0 Å². The monoisotopic (exact) mass is 618 g/mol. The minimum absolute atomic E-state index is 0. The van der Waals surface area contributed by atoms with Crippen molar-refractivity contribution >= 4 is 43.8 Å². The average molecular weight is 619 g/mol. The van der Waals surface area contributed by atoms with Crippen LogP contribution in [0.4, 0.5) is 4.79 Å². The van der Waals surface area contributed by atoms with Crippen LogP contribution in [0, 0.1) is 17.3 Å². The number of amides is 3. The predicted molar refractivity (Wildman–Crippen MR) is 133 cm³/mol. The van der Waals surface area contributed by atoms with E-state index in [-0.39, 0.29) is 53.7 Å². The molecule has 0 aromatic carbocycles. The van der Waals surface area contributed by atoms with Crippen molar-refractivity contribution in [2.24, 2.45) is 17.3 Å². The first-order valence-electron chi connectivity index (χ1n) is 12.6. The Balaban J connectivity index is 0.00000560. The van der Waals surface area contributed by atoms with Crippen LogP contribution in [0.1, 0.15) is 46.0 Å². The molecule has 0 radical (unpaired) electrons. The molecule has 2 saturated heterocycles. The molecule has 4 atom stereocenters. The van der Waals surface area contributed by atoms with Gasteiger partial charge in [-0.25, -0.2) is 25.9 Å². The zero-order valence-electron chi connectivity index (χ0n) is 22.9. The number of alkyl carbamates (subject to hydrolysis) is 1. The Morgan fingerprint density at radius 3 is 2.23 bits per heavy atom. The molecule has 4 N–H and O–H groups in total. The van der Waals surface area contributed by atoms with E-state index in [1.54, 1.807) is 13.8 Å². The molecule has 15 nitrogen and oxygen atoms in total. The maximum absolute atomic E-state index is 13.1. The van der Waals surface area contributed by atoms with Crippen LogP contribution < -0.4 is 45.5 Å². The Morgan fingerprint density at radius 2 is 1.75 bits per heavy atom. The number of sulfonamides is 1. The average Bonchev–Trinajstić information content (AvgIpc) is 3.14. The van der Waals surface area contributed by atoms with Gasteiger partial charge >= 0.3 is 35.7 Å². The summed E-state index contributed by atoms with van der Waals surface area (Å²) in [5.41, 5.74) is -3.17. The second kappa shape index (κ2) is 13.3. The van der Waals surface area contributed by atoms with Crippen molar-refractivity contribution in [1.82, 2.24) is 20.3 Å². The largest absolute Gasteiger partial charge is 1.00 e. The Kier molecular flexibility index (Phi) is 11.6. The first-order chi connectivity index (χ1) is 17.9. The molecule has 40 heavy (non-hydrogen) atoms. The summed E-state index contributed by atoms with van der Waals surface area (Å²) < 4.78 is 63.6. The van der Waals surface area contributed by atoms with Gasteiger partial charge in [0.25, 0.3) is 0 Å². The molecule has 0 aromatic rings. The van der Waals surface area contributed by atoms with E-state index < -0.39 is 73.4 Å². The molecule has 2 heterocycles. The van der Waals surface area contributed by atoms with Crippen LogP contribution in [0.15, 0.2) is 0 Å². The minimum atomic E-state index is -5.44. The molecule has 18 heteroatoms. The molecule has 3 amide bonds. The van der Waals surface area contributed by atoms with Crippen molar-refractivity contribution in [3.63, 3.8) is 0 Å². The third-order valence-corrected chi connectivity index (χ3v) is 9.24. The van der Waals surface area contributed by atoms with Crippen LogP contribution >= 0.6 is 0 Å². The van der Waals surface area contributed by atoms with Crippen LogP contribution in [0.25, 0.3) is 0 Å². The van der Waals surface area contributed by atoms with Crippen LogP contribution in [-0.4, -0.2) is 104 Å². The molecule has 3 aliphatic rings. The fourth-order valence-corrected chi connectivity index (χ4v) is 6.67. The molecule has 1 saturated carbocycles. The standard InChI is InChI=1S/C22H36N4O11S2.Na/c1-12(2)6-16(25-21(31)37-14-8-22(9-14)10-26(11-22)38(3,32)33)19(29)24-15(7-13-4-5-23-18(13)28)17(27)20(30)39(34,35)36;/h12-16,20,30H,4-11H2,1-3H3,(H,23,28)(H,24,29)(H,25,31)(H,34,35,36);/q;+1/p-1/t13-,15+,16+,20?;/m1./s1. The number of rotatable bonds is 12. The summed E-state index contributed by atoms with van der Waals surface area (Å²) in [5, 5.41) is 17.0. The number of ether oxygens (including phenoxy) is 1. The number of carbonyl (C=O) groups is 4. The smallest absolute Gasteiger partial charge is 0.746 e. The van der Waals surface area contributed by atoms with Gasteiger partial charge in [-0.3, -0.25) is 14.4 Å². The molecule has 1 spiro atoms. The van der Waals surface area contributed by atoms with Crippen molar-refractivity contribution in [3.05, 3.63) is 0 Å². The molecule has 2 aliphatic heterocycles. The van der Waals surface area contributed by atoms with E-state index in [1.165, 1.54) is 4.31 Å². The van der Waals surface area contributed by atoms with Gasteiger partial charge in [-0.05, 0) is 38.0 Å². The van der Waals surface area contributed by atoms with Gasteiger partial charge in [-0.15, -0.1) is 0 Å². The molecule has 222 valence electrons. The van der Waals surface area contributed by atoms with Gasteiger partial charge in [0, 0.05) is 31.0 Å². The van der Waals surface area contributed by atoms with Gasteiger partial charge in [-0.1, -0.05) is 13.8 Å². The quantitative estimate of drug-likeness (QED) is 0.120. The number of carbonyl (C=O) groups excluding carboxylic acids is 4. The first-order valence-corrected chi connectivity index (χ1v) is 15.9. The van der Waals surface area contributed by atoms with E-state index in [1.807, 2.05) is 0 Å². The van der Waals surface area contributed by atoms with Gasteiger partial charge < -0.3 is 30.3 Å². The van der Waals surface area contributed by atoms with Crippen LogP contribution in [-0.2, 0) is 39.3 Å². The third-order valence-electron chi connectivity index (χ3n) is 7.26. The number of aliphatic hydroxyl groups excluding tert-OH is 1. The first kappa shape index (κ1) is 34.9. The van der Waals surface area contributed by atoms with Gasteiger partial charge in [0.1, 0.15) is 22.3 Å². The second-order valence-electron chi connectivity index (χ2n) is 11.1. The Morgan fingerprint density at radius 1 is 1.15 bits per heavy atom. The minimum Gasteiger partial charge on any atom is -0.746 e. The van der Waals surface area contributed by atoms with Crippen molar-refractivity contribution in [2.45, 2.75) is 69.6 Å². The molecule has 3 fully saturated rings. The number of hydrogen-bond donors (Lipinski definition) is 4. The number of aliphatic hydroxyl groups is 1. The number of nitrogens with one attached hydrogen (secondary N) is 3. The summed E-state index contributed by atoms with van der Waals surface area (Å²) in [6.45, 7) is 4.55. The maximum atomic E-state index is 13.1. The molecule has 0 aromatic heterocycles. The fourth-order valence-electron chi connectivity index (χ4n) is 5.20. The Hall–Kier alpha value is -1.34. The van der Waals surface area contributed by atoms with Crippen LogP contribution in [0.3, 0.4) is 0 Å². The summed E-state index contributed by atoms with van der Waals surface area (Å²) in [7, 11) is -8.71. The number of nitrogens with zero attached hydrogens (tertiary/aromatic N) is 1. The summed E-state index contributed by atoms with van der Waals surface area (Å²) in [4.78, 5) is 50.3. The summed E-state index contributed by atoms with van der Waals surface area (Å²) >= 11 is 0. The van der Waals surface area contributed by atoms with Gasteiger partial charge in [0.2, 0.25) is 27.3 Å². The molecule has 1 unspecified atom stereocenters. The molecular weight excluding hydrogens is 583 g/mol. The molecular formula is C22H35N4NaO11S2. The summed E-state index contributed by atoms with van der Waals surface area (Å²) in [6.07, 6.45) is 0.731. The zero-order valence-corrected chi connectivity index (χ0v) is 26.5. The van der Waals surface area contributed by atoms with Crippen molar-refractivity contribution < 1.29 is 80.0 Å². The normalized spacial score (nSPS) is 23.1. The van der Waals surface area contributed by atoms with Gasteiger partial charge in [0.15, 0.2) is 5.78 Å². The number of hydrogen-bond acceptors (Lipinski definition) is 11. The molecule has 0 bridgehead atoms. The maximum Gasteiger partial charge on any atom is 1.00 e. The van der Waals surface area contributed by atoms with E-state index >= 15 is 0 Å². The van der Waals surface area contributed by atoms with Crippen molar-refractivity contribution in [3.8, 4) is 0 Å². The SMILES string of the molecule is CC(C)C[C@H](NC(=O)OC1CC2(C1)CN(S(C)(=O)=O)C2)C(=O)N[C@@H](C[C@H]1CCNC1=O)C(=O)C(O)S(=O)(=O)[O-].[Na+]. The van der Waals surface area contributed by atoms with Crippen LogP contribution in [0.5, 0.6) is 0 Å². The van der Waals surface area contributed by atoms with Crippen molar-refractivity contribution in [2.75, 3.05) is 25.9 Å². The van der Waals surface area contributed by atoms with E-state index in [4.69, 9.17) is 4.74 Å². The topological polar surface area (TPSA) is 228 Å². The van der Waals surface area contributed by atoms with Gasteiger partial charge in [0.05, 0.1) is 12.3 Å². The second-order valence-corrected chi connectivity index (χ2v) is 14.5. The van der Waals surface area contributed by atoms with Crippen molar-refractivity contribution in [1.29, 1.82) is 0 Å². The predicted octanol–water partition coefficient (Wildman–Crippen LogP) is -5.00. The molecule has 3 rings (SSSR count). The number of Topliss-reactive ketones (excluding diaryl/α,β-unsaturated/α-hetero) is 1. The summed E-state index contributed by atoms with van der Waals surface area (Å²) in [6, 6.07) is -2.90. The summed E-state index contributed by atoms with van der Waals surface area (Å²) in [5.74, 6) is -3.68. The zero-order chi connectivity index (χ0) is 29.3. The molecule has 1 aliphatic carbocycles. The number of ketones is 1. The fraction of sp³-hybridized carbons (Fsp3) is 0.818. The van der Waals surface area contributed by atoms with E-state index in [0.717, 1.165) is 6.26 Å². The Bertz CT molecular complexity index is 1200. The van der Waals surface area contributed by atoms with E-state index in [0.29, 0.717) is 38.9 Å².